The molecule has 0 aliphatic rings. The van der Waals surface area contributed by atoms with Gasteiger partial charge in [-0.1, -0.05) is 25.5 Å². The van der Waals surface area contributed by atoms with Crippen LogP contribution in [0.4, 0.5) is 5.69 Å². The molecule has 0 saturated carbocycles. The summed E-state index contributed by atoms with van der Waals surface area (Å²) < 4.78 is 0. The standard InChI is InChI=1S/C14H15ClN2O2/c1-2-4-11(15)9-10-7-8-16-14-12(10)5-3-6-13(14)17(18)19/h3,5-8,11H,2,4,9H2,1H3. The maximum Gasteiger partial charge on any atom is 0.295 e. The first-order valence-electron chi connectivity index (χ1n) is 6.28. The Labute approximate surface area is 116 Å². The molecule has 0 saturated heterocycles. The van der Waals surface area contributed by atoms with Crippen LogP contribution in [0.3, 0.4) is 0 Å². The summed E-state index contributed by atoms with van der Waals surface area (Å²) in [6.45, 7) is 2.09. The number of rotatable bonds is 5. The molecule has 0 aliphatic carbocycles. The Morgan fingerprint density at radius 1 is 1.42 bits per heavy atom. The minimum absolute atomic E-state index is 0.0426. The van der Waals surface area contributed by atoms with Crippen molar-refractivity contribution in [2.45, 2.75) is 31.6 Å². The topological polar surface area (TPSA) is 56.0 Å². The van der Waals surface area contributed by atoms with E-state index in [4.69, 9.17) is 11.6 Å². The smallest absolute Gasteiger partial charge is 0.258 e. The van der Waals surface area contributed by atoms with Gasteiger partial charge >= 0.3 is 0 Å². The second-order valence-corrected chi connectivity index (χ2v) is 5.11. The predicted octanol–water partition coefficient (Wildman–Crippen LogP) is 4.09. The Morgan fingerprint density at radius 2 is 2.21 bits per heavy atom. The summed E-state index contributed by atoms with van der Waals surface area (Å²) in [6.07, 6.45) is 4.27. The van der Waals surface area contributed by atoms with Gasteiger partial charge in [-0.25, -0.2) is 4.98 Å². The summed E-state index contributed by atoms with van der Waals surface area (Å²) in [6, 6.07) is 6.91. The van der Waals surface area contributed by atoms with E-state index < -0.39 is 4.92 Å². The van der Waals surface area contributed by atoms with Gasteiger partial charge in [0.1, 0.15) is 5.52 Å². The van der Waals surface area contributed by atoms with Crippen molar-refractivity contribution in [3.63, 3.8) is 0 Å². The Kier molecular flexibility index (Phi) is 4.32. The van der Waals surface area contributed by atoms with Gasteiger partial charge < -0.3 is 0 Å². The molecule has 0 radical (unpaired) electrons. The SMILES string of the molecule is CCCC(Cl)Cc1ccnc2c([N+](=O)[O-])cccc12. The number of alkyl halides is 1. The van der Waals surface area contributed by atoms with Gasteiger partial charge in [-0.3, -0.25) is 10.1 Å². The fourth-order valence-electron chi connectivity index (χ4n) is 2.20. The number of nitrogens with zero attached hydrogens (tertiary/aromatic N) is 2. The number of nitro groups is 1. The number of halogens is 1. The predicted molar refractivity (Wildman–Crippen MR) is 76.7 cm³/mol. The van der Waals surface area contributed by atoms with Crippen LogP contribution in [0.1, 0.15) is 25.3 Å². The van der Waals surface area contributed by atoms with Crippen LogP contribution in [0.25, 0.3) is 10.9 Å². The minimum atomic E-state index is -0.399. The maximum atomic E-state index is 11.0. The lowest BCUT2D eigenvalue weighted by Crippen LogP contribution is -2.04. The molecule has 0 amide bonds. The zero-order valence-corrected chi connectivity index (χ0v) is 11.4. The van der Waals surface area contributed by atoms with Gasteiger partial charge in [0.05, 0.1) is 4.92 Å². The van der Waals surface area contributed by atoms with E-state index in [1.54, 1.807) is 12.3 Å². The van der Waals surface area contributed by atoms with E-state index in [1.807, 2.05) is 12.1 Å². The highest BCUT2D eigenvalue weighted by Crippen LogP contribution is 2.27. The highest BCUT2D eigenvalue weighted by molar-refractivity contribution is 6.20. The van der Waals surface area contributed by atoms with E-state index in [9.17, 15) is 10.1 Å². The summed E-state index contributed by atoms with van der Waals surface area (Å²) in [7, 11) is 0. The molecule has 4 nitrogen and oxygen atoms in total. The van der Waals surface area contributed by atoms with E-state index >= 15 is 0 Å². The highest BCUT2D eigenvalue weighted by Gasteiger charge is 2.15. The molecule has 1 aromatic carbocycles. The second kappa shape index (κ2) is 5.97. The van der Waals surface area contributed by atoms with E-state index in [1.165, 1.54) is 6.07 Å². The van der Waals surface area contributed by atoms with Crippen LogP contribution in [0.5, 0.6) is 0 Å². The Balaban J connectivity index is 2.46. The van der Waals surface area contributed by atoms with E-state index in [0.717, 1.165) is 23.8 Å². The molecule has 0 bridgehead atoms. The molecule has 1 heterocycles. The summed E-state index contributed by atoms with van der Waals surface area (Å²) in [5, 5.41) is 11.9. The molecule has 0 fully saturated rings. The number of aromatic nitrogens is 1. The number of hydrogen-bond acceptors (Lipinski definition) is 3. The average molecular weight is 279 g/mol. The van der Waals surface area contributed by atoms with Crippen molar-refractivity contribution in [2.24, 2.45) is 0 Å². The minimum Gasteiger partial charge on any atom is -0.258 e. The molecule has 5 heteroatoms. The van der Waals surface area contributed by atoms with Gasteiger partial charge in [0.2, 0.25) is 0 Å². The molecular formula is C14H15ClN2O2. The molecule has 0 spiro atoms. The molecular weight excluding hydrogens is 264 g/mol. The molecule has 100 valence electrons. The highest BCUT2D eigenvalue weighted by atomic mass is 35.5. The lowest BCUT2D eigenvalue weighted by Gasteiger charge is -2.10. The molecule has 2 aromatic rings. The zero-order chi connectivity index (χ0) is 13.8. The van der Waals surface area contributed by atoms with Crippen molar-refractivity contribution in [1.29, 1.82) is 0 Å². The fourth-order valence-corrected chi connectivity index (χ4v) is 2.58. The number of benzene rings is 1. The summed E-state index contributed by atoms with van der Waals surface area (Å²) in [5.41, 5.74) is 1.49. The normalized spacial score (nSPS) is 12.5. The fraction of sp³-hybridized carbons (Fsp3) is 0.357. The van der Waals surface area contributed by atoms with Crippen LogP contribution in [0.15, 0.2) is 30.5 Å². The van der Waals surface area contributed by atoms with Crippen LogP contribution in [-0.2, 0) is 6.42 Å². The van der Waals surface area contributed by atoms with E-state index in [2.05, 4.69) is 11.9 Å². The van der Waals surface area contributed by atoms with Crippen LogP contribution in [0.2, 0.25) is 0 Å². The van der Waals surface area contributed by atoms with Gasteiger partial charge in [0, 0.05) is 23.0 Å². The van der Waals surface area contributed by atoms with Crippen molar-refractivity contribution in [3.8, 4) is 0 Å². The first-order chi connectivity index (χ1) is 9.13. The molecule has 19 heavy (non-hydrogen) atoms. The number of fused-ring (bicyclic) bond motifs is 1. The lowest BCUT2D eigenvalue weighted by atomic mass is 10.0. The Morgan fingerprint density at radius 3 is 2.89 bits per heavy atom. The Hall–Kier alpha value is -1.68. The zero-order valence-electron chi connectivity index (χ0n) is 10.7. The third kappa shape index (κ3) is 3.01. The molecule has 0 N–H and O–H groups in total. The molecule has 2 rings (SSSR count). The van der Waals surface area contributed by atoms with Gasteiger partial charge in [-0.2, -0.15) is 0 Å². The van der Waals surface area contributed by atoms with Gasteiger partial charge in [-0.05, 0) is 24.5 Å². The van der Waals surface area contributed by atoms with Crippen molar-refractivity contribution in [3.05, 3.63) is 46.1 Å². The third-order valence-electron chi connectivity index (χ3n) is 3.08. The second-order valence-electron chi connectivity index (χ2n) is 4.49. The van der Waals surface area contributed by atoms with Gasteiger partial charge in [0.15, 0.2) is 0 Å². The van der Waals surface area contributed by atoms with Crippen molar-refractivity contribution in [2.75, 3.05) is 0 Å². The number of pyridine rings is 1. The van der Waals surface area contributed by atoms with Gasteiger partial charge in [0.25, 0.3) is 5.69 Å². The van der Waals surface area contributed by atoms with Crippen molar-refractivity contribution in [1.82, 2.24) is 4.98 Å². The monoisotopic (exact) mass is 278 g/mol. The summed E-state index contributed by atoms with van der Waals surface area (Å²) in [4.78, 5) is 14.7. The lowest BCUT2D eigenvalue weighted by molar-refractivity contribution is -0.383. The largest absolute Gasteiger partial charge is 0.295 e. The third-order valence-corrected chi connectivity index (χ3v) is 3.45. The molecule has 1 unspecified atom stereocenters. The van der Waals surface area contributed by atoms with E-state index in [0.29, 0.717) is 11.9 Å². The van der Waals surface area contributed by atoms with E-state index in [-0.39, 0.29) is 11.1 Å². The van der Waals surface area contributed by atoms with Crippen LogP contribution in [-0.4, -0.2) is 15.3 Å². The Bertz CT molecular complexity index is 601. The number of nitro benzene ring substituents is 1. The molecule has 0 aliphatic heterocycles. The molecule has 1 aromatic heterocycles. The summed E-state index contributed by atoms with van der Waals surface area (Å²) >= 11 is 6.26. The number of para-hydroxylation sites is 1. The number of hydrogen-bond donors (Lipinski definition) is 0. The summed E-state index contributed by atoms with van der Waals surface area (Å²) in [5.74, 6) is 0. The van der Waals surface area contributed by atoms with Crippen LogP contribution in [0, 0.1) is 10.1 Å². The van der Waals surface area contributed by atoms with Crippen molar-refractivity contribution < 1.29 is 4.92 Å². The van der Waals surface area contributed by atoms with Gasteiger partial charge in [-0.15, -0.1) is 11.6 Å². The molecule has 1 atom stereocenters. The first kappa shape index (κ1) is 13.7. The number of non-ortho nitro benzene ring substituents is 1. The average Bonchev–Trinajstić information content (AvgIpc) is 2.38. The van der Waals surface area contributed by atoms with Crippen molar-refractivity contribution >= 4 is 28.2 Å². The first-order valence-corrected chi connectivity index (χ1v) is 6.72. The quantitative estimate of drug-likeness (QED) is 0.470. The van der Waals surface area contributed by atoms with Crippen LogP contribution >= 0.6 is 11.6 Å². The van der Waals surface area contributed by atoms with Crippen LogP contribution < -0.4 is 0 Å². The maximum absolute atomic E-state index is 11.0.